The minimum Gasteiger partial charge on any atom is -0.355 e. The maximum atomic E-state index is 10.9. The number of nitrogens with zero attached hydrogens (tertiary/aromatic N) is 4. The summed E-state index contributed by atoms with van der Waals surface area (Å²) in [6.45, 7) is 12.6. The van der Waals surface area contributed by atoms with Crippen LogP contribution in [0.25, 0.3) is 0 Å². The largest absolute Gasteiger partial charge is 0.355 e. The smallest absolute Gasteiger partial charge is 0.269 e. The Morgan fingerprint density at radius 3 is 2.52 bits per heavy atom. The van der Waals surface area contributed by atoms with E-state index in [2.05, 4.69) is 41.2 Å². The predicted octanol–water partition coefficient (Wildman–Crippen LogP) is 2.99. The minimum absolute atomic E-state index is 0.113. The van der Waals surface area contributed by atoms with Crippen LogP contribution in [0.3, 0.4) is 0 Å². The molecule has 0 aliphatic carbocycles. The van der Waals surface area contributed by atoms with Crippen molar-refractivity contribution < 1.29 is 4.92 Å². The molecule has 1 atom stereocenters. The SMILES string of the molecule is CCN1CCCC1CNC(=NCc1ccc([N+](=O)[O-])cc1)NC1CCN(C(C)C)CC1. The van der Waals surface area contributed by atoms with Gasteiger partial charge >= 0.3 is 0 Å². The van der Waals surface area contributed by atoms with Gasteiger partial charge < -0.3 is 15.5 Å². The van der Waals surface area contributed by atoms with Crippen LogP contribution in [0, 0.1) is 10.1 Å². The van der Waals surface area contributed by atoms with Crippen molar-refractivity contribution >= 4 is 11.6 Å². The quantitative estimate of drug-likeness (QED) is 0.285. The monoisotopic (exact) mass is 430 g/mol. The lowest BCUT2D eigenvalue weighted by Crippen LogP contribution is -2.51. The van der Waals surface area contributed by atoms with Gasteiger partial charge in [0.25, 0.3) is 5.69 Å². The number of aliphatic imine (C=N–C) groups is 1. The minimum atomic E-state index is -0.369. The molecule has 1 aromatic rings. The topological polar surface area (TPSA) is 86.0 Å². The molecule has 8 heteroatoms. The van der Waals surface area contributed by atoms with E-state index >= 15 is 0 Å². The highest BCUT2D eigenvalue weighted by atomic mass is 16.6. The molecule has 2 saturated heterocycles. The van der Waals surface area contributed by atoms with Crippen LogP contribution in [-0.2, 0) is 6.54 Å². The van der Waals surface area contributed by atoms with Gasteiger partial charge in [-0.3, -0.25) is 15.0 Å². The summed E-state index contributed by atoms with van der Waals surface area (Å²) in [6, 6.07) is 8.24. The standard InChI is InChI=1S/C23H38N6O2/c1-4-27-13-5-6-22(27)17-25-23(26-20-11-14-28(15-12-20)18(2)3)24-16-19-7-9-21(10-8-19)29(30)31/h7-10,18,20,22H,4-6,11-17H2,1-3H3,(H2,24,25,26). The first kappa shape index (κ1) is 23.5. The molecule has 1 aromatic carbocycles. The van der Waals surface area contributed by atoms with Gasteiger partial charge in [-0.05, 0) is 58.2 Å². The van der Waals surface area contributed by atoms with Crippen molar-refractivity contribution in [2.75, 3.05) is 32.7 Å². The first-order valence-electron chi connectivity index (χ1n) is 11.7. The summed E-state index contributed by atoms with van der Waals surface area (Å²) in [5, 5.41) is 18.1. The third-order valence-corrected chi connectivity index (χ3v) is 6.58. The summed E-state index contributed by atoms with van der Waals surface area (Å²) >= 11 is 0. The van der Waals surface area contributed by atoms with Crippen LogP contribution in [-0.4, -0.2) is 71.5 Å². The molecule has 2 N–H and O–H groups in total. The first-order chi connectivity index (χ1) is 15.0. The number of rotatable bonds is 8. The lowest BCUT2D eigenvalue weighted by molar-refractivity contribution is -0.384. The molecule has 172 valence electrons. The molecule has 2 heterocycles. The van der Waals surface area contributed by atoms with E-state index in [4.69, 9.17) is 4.99 Å². The zero-order chi connectivity index (χ0) is 22.2. The molecule has 0 spiro atoms. The van der Waals surface area contributed by atoms with E-state index in [1.54, 1.807) is 24.3 Å². The summed E-state index contributed by atoms with van der Waals surface area (Å²) in [7, 11) is 0. The zero-order valence-corrected chi connectivity index (χ0v) is 19.2. The van der Waals surface area contributed by atoms with Gasteiger partial charge in [0.15, 0.2) is 5.96 Å². The molecule has 1 unspecified atom stereocenters. The molecule has 2 fully saturated rings. The van der Waals surface area contributed by atoms with Crippen LogP contribution in [0.2, 0.25) is 0 Å². The van der Waals surface area contributed by atoms with Gasteiger partial charge in [-0.15, -0.1) is 0 Å². The maximum absolute atomic E-state index is 10.9. The van der Waals surface area contributed by atoms with E-state index in [0.29, 0.717) is 24.7 Å². The van der Waals surface area contributed by atoms with Crippen LogP contribution in [0.4, 0.5) is 5.69 Å². The van der Waals surface area contributed by atoms with Gasteiger partial charge in [0.1, 0.15) is 0 Å². The number of benzene rings is 1. The summed E-state index contributed by atoms with van der Waals surface area (Å²) < 4.78 is 0. The summed E-state index contributed by atoms with van der Waals surface area (Å²) in [5.41, 5.74) is 1.08. The summed E-state index contributed by atoms with van der Waals surface area (Å²) in [6.07, 6.45) is 4.71. The van der Waals surface area contributed by atoms with Crippen molar-refractivity contribution in [3.63, 3.8) is 0 Å². The normalized spacial score (nSPS) is 21.5. The Morgan fingerprint density at radius 1 is 1.19 bits per heavy atom. The Hall–Kier alpha value is -2.19. The molecule has 0 saturated carbocycles. The Balaban J connectivity index is 1.61. The first-order valence-corrected chi connectivity index (χ1v) is 11.7. The van der Waals surface area contributed by atoms with Crippen molar-refractivity contribution in [1.82, 2.24) is 20.4 Å². The third kappa shape index (κ3) is 6.90. The molecule has 3 rings (SSSR count). The average Bonchev–Trinajstić information content (AvgIpc) is 3.24. The van der Waals surface area contributed by atoms with Gasteiger partial charge in [0.05, 0.1) is 11.5 Å². The third-order valence-electron chi connectivity index (χ3n) is 6.58. The second kappa shape index (κ2) is 11.4. The van der Waals surface area contributed by atoms with Gasteiger partial charge in [-0.1, -0.05) is 19.1 Å². The highest BCUT2D eigenvalue weighted by Crippen LogP contribution is 2.17. The molecular formula is C23H38N6O2. The van der Waals surface area contributed by atoms with Gasteiger partial charge in [-0.2, -0.15) is 0 Å². The van der Waals surface area contributed by atoms with E-state index < -0.39 is 0 Å². The van der Waals surface area contributed by atoms with Gasteiger partial charge in [-0.25, -0.2) is 4.99 Å². The second-order valence-corrected chi connectivity index (χ2v) is 8.94. The Morgan fingerprint density at radius 2 is 1.90 bits per heavy atom. The number of hydrogen-bond donors (Lipinski definition) is 2. The molecule has 31 heavy (non-hydrogen) atoms. The maximum Gasteiger partial charge on any atom is 0.269 e. The Bertz CT molecular complexity index is 728. The Labute approximate surface area is 186 Å². The van der Waals surface area contributed by atoms with Crippen molar-refractivity contribution in [3.8, 4) is 0 Å². The number of nitrogens with one attached hydrogen (secondary N) is 2. The number of nitro groups is 1. The number of likely N-dealkylation sites (tertiary alicyclic amines) is 2. The zero-order valence-electron chi connectivity index (χ0n) is 19.2. The van der Waals surface area contributed by atoms with Crippen molar-refractivity contribution in [3.05, 3.63) is 39.9 Å². The van der Waals surface area contributed by atoms with Gasteiger partial charge in [0, 0.05) is 49.9 Å². The molecular weight excluding hydrogens is 392 g/mol. The fraction of sp³-hybridized carbons (Fsp3) is 0.696. The molecule has 0 aromatic heterocycles. The van der Waals surface area contributed by atoms with E-state index in [1.807, 2.05) is 0 Å². The molecule has 2 aliphatic heterocycles. The molecule has 0 amide bonds. The second-order valence-electron chi connectivity index (χ2n) is 8.94. The van der Waals surface area contributed by atoms with Gasteiger partial charge in [0.2, 0.25) is 0 Å². The number of likely N-dealkylation sites (N-methyl/N-ethyl adjacent to an activating group) is 1. The predicted molar refractivity (Wildman–Crippen MR) is 125 cm³/mol. The van der Waals surface area contributed by atoms with Crippen molar-refractivity contribution in [2.45, 2.75) is 71.1 Å². The molecule has 2 aliphatic rings. The highest BCUT2D eigenvalue weighted by molar-refractivity contribution is 5.80. The van der Waals surface area contributed by atoms with E-state index in [0.717, 1.165) is 50.5 Å². The fourth-order valence-corrected chi connectivity index (χ4v) is 4.56. The lowest BCUT2D eigenvalue weighted by Gasteiger charge is -2.35. The molecule has 0 bridgehead atoms. The van der Waals surface area contributed by atoms with Crippen LogP contribution >= 0.6 is 0 Å². The average molecular weight is 431 g/mol. The van der Waals surface area contributed by atoms with Crippen LogP contribution in [0.5, 0.6) is 0 Å². The van der Waals surface area contributed by atoms with Crippen molar-refractivity contribution in [2.24, 2.45) is 4.99 Å². The van der Waals surface area contributed by atoms with Crippen LogP contribution < -0.4 is 10.6 Å². The molecule has 0 radical (unpaired) electrons. The molecule has 8 nitrogen and oxygen atoms in total. The number of guanidine groups is 1. The fourth-order valence-electron chi connectivity index (χ4n) is 4.56. The summed E-state index contributed by atoms with van der Waals surface area (Å²) in [5.74, 6) is 0.851. The lowest BCUT2D eigenvalue weighted by atomic mass is 10.0. The van der Waals surface area contributed by atoms with E-state index in [1.165, 1.54) is 19.4 Å². The summed E-state index contributed by atoms with van der Waals surface area (Å²) in [4.78, 5) is 20.4. The number of hydrogen-bond acceptors (Lipinski definition) is 5. The van der Waals surface area contributed by atoms with Crippen LogP contribution in [0.1, 0.15) is 52.0 Å². The number of piperidine rings is 1. The van der Waals surface area contributed by atoms with E-state index in [-0.39, 0.29) is 10.6 Å². The van der Waals surface area contributed by atoms with Crippen LogP contribution in [0.15, 0.2) is 29.3 Å². The Kier molecular flexibility index (Phi) is 8.66. The highest BCUT2D eigenvalue weighted by Gasteiger charge is 2.24. The van der Waals surface area contributed by atoms with Crippen molar-refractivity contribution in [1.29, 1.82) is 0 Å². The number of nitro benzene ring substituents is 1. The number of non-ortho nitro benzene ring substituents is 1. The van der Waals surface area contributed by atoms with E-state index in [9.17, 15) is 10.1 Å².